The van der Waals surface area contributed by atoms with E-state index >= 15 is 0 Å². The van der Waals surface area contributed by atoms with Crippen LogP contribution in [0.3, 0.4) is 0 Å². The smallest absolute Gasteiger partial charge is 0.220 e. The maximum Gasteiger partial charge on any atom is 0.220 e. The van der Waals surface area contributed by atoms with E-state index in [9.17, 15) is 4.79 Å². The van der Waals surface area contributed by atoms with Crippen molar-refractivity contribution in [3.8, 4) is 11.5 Å². The maximum absolute atomic E-state index is 11.6. The summed E-state index contributed by atoms with van der Waals surface area (Å²) in [7, 11) is 0. The van der Waals surface area contributed by atoms with Crippen LogP contribution in [0.15, 0.2) is 18.2 Å². The van der Waals surface area contributed by atoms with E-state index < -0.39 is 0 Å². The summed E-state index contributed by atoms with van der Waals surface area (Å²) in [5.74, 6) is 1.53. The van der Waals surface area contributed by atoms with Gasteiger partial charge in [0.1, 0.15) is 13.2 Å². The summed E-state index contributed by atoms with van der Waals surface area (Å²) in [6.07, 6.45) is 1.16. The Labute approximate surface area is 125 Å². The first-order chi connectivity index (χ1) is 9.15. The summed E-state index contributed by atoms with van der Waals surface area (Å²) < 4.78 is 10.9. The van der Waals surface area contributed by atoms with Crippen LogP contribution in [-0.2, 0) is 11.3 Å². The Morgan fingerprint density at radius 2 is 2.05 bits per heavy atom. The topological polar surface area (TPSA) is 73.6 Å². The fourth-order valence-corrected chi connectivity index (χ4v) is 1.85. The zero-order chi connectivity index (χ0) is 13.7. The average molecular weight is 301 g/mol. The molecule has 0 saturated heterocycles. The summed E-state index contributed by atoms with van der Waals surface area (Å²) in [6.45, 7) is 3.54. The van der Waals surface area contributed by atoms with Gasteiger partial charge < -0.3 is 20.5 Å². The molecule has 0 aromatic heterocycles. The number of benzene rings is 1. The predicted molar refractivity (Wildman–Crippen MR) is 79.4 cm³/mol. The molecule has 1 heterocycles. The van der Waals surface area contributed by atoms with Crippen LogP contribution in [-0.4, -0.2) is 25.2 Å². The number of ether oxygens (including phenoxy) is 2. The average Bonchev–Trinajstić information content (AvgIpc) is 2.42. The second-order valence-corrected chi connectivity index (χ2v) is 4.77. The van der Waals surface area contributed by atoms with Crippen LogP contribution >= 0.6 is 12.4 Å². The number of carbonyl (C=O) groups is 1. The van der Waals surface area contributed by atoms with Crippen LogP contribution in [0.2, 0.25) is 0 Å². The number of nitrogens with one attached hydrogen (secondary N) is 1. The molecular formula is C14H21ClN2O3. The quantitative estimate of drug-likeness (QED) is 0.867. The van der Waals surface area contributed by atoms with Crippen molar-refractivity contribution in [1.29, 1.82) is 0 Å². The Morgan fingerprint density at radius 1 is 1.35 bits per heavy atom. The molecule has 1 aliphatic rings. The van der Waals surface area contributed by atoms with Crippen molar-refractivity contribution in [2.75, 3.05) is 13.2 Å². The first kappa shape index (κ1) is 16.6. The molecule has 0 spiro atoms. The minimum atomic E-state index is 0. The van der Waals surface area contributed by atoms with Gasteiger partial charge >= 0.3 is 0 Å². The summed E-state index contributed by atoms with van der Waals surface area (Å²) >= 11 is 0. The lowest BCUT2D eigenvalue weighted by molar-refractivity contribution is -0.121. The second-order valence-electron chi connectivity index (χ2n) is 4.77. The fourth-order valence-electron chi connectivity index (χ4n) is 1.85. The summed E-state index contributed by atoms with van der Waals surface area (Å²) in [4.78, 5) is 11.6. The highest BCUT2D eigenvalue weighted by Crippen LogP contribution is 2.30. The highest BCUT2D eigenvalue weighted by atomic mass is 35.5. The van der Waals surface area contributed by atoms with E-state index in [1.165, 1.54) is 0 Å². The third-order valence-corrected chi connectivity index (χ3v) is 2.92. The number of hydrogen-bond donors (Lipinski definition) is 2. The minimum Gasteiger partial charge on any atom is -0.486 e. The van der Waals surface area contributed by atoms with Gasteiger partial charge in [0.25, 0.3) is 0 Å². The Hall–Kier alpha value is -1.46. The molecule has 0 fully saturated rings. The van der Waals surface area contributed by atoms with Crippen LogP contribution < -0.4 is 20.5 Å². The van der Waals surface area contributed by atoms with Crippen molar-refractivity contribution in [2.45, 2.75) is 32.4 Å². The molecule has 0 saturated carbocycles. The molecule has 0 bridgehead atoms. The van der Waals surface area contributed by atoms with E-state index in [0.717, 1.165) is 17.1 Å². The van der Waals surface area contributed by atoms with Crippen molar-refractivity contribution in [2.24, 2.45) is 5.73 Å². The monoisotopic (exact) mass is 300 g/mol. The number of rotatable bonds is 5. The molecule has 1 unspecified atom stereocenters. The Kier molecular flexibility index (Phi) is 6.61. The van der Waals surface area contributed by atoms with Crippen molar-refractivity contribution in [3.05, 3.63) is 23.8 Å². The Balaban J connectivity index is 0.00000200. The number of amides is 1. The molecule has 112 valence electrons. The van der Waals surface area contributed by atoms with Crippen LogP contribution in [0.1, 0.15) is 25.3 Å². The van der Waals surface area contributed by atoms with Crippen molar-refractivity contribution in [1.82, 2.24) is 5.32 Å². The lowest BCUT2D eigenvalue weighted by Crippen LogP contribution is -2.25. The van der Waals surface area contributed by atoms with Crippen LogP contribution in [0.25, 0.3) is 0 Å². The van der Waals surface area contributed by atoms with E-state index in [4.69, 9.17) is 15.2 Å². The highest BCUT2D eigenvalue weighted by molar-refractivity contribution is 5.85. The van der Waals surface area contributed by atoms with E-state index in [1.54, 1.807) is 0 Å². The summed E-state index contributed by atoms with van der Waals surface area (Å²) in [6, 6.07) is 5.76. The molecule has 0 radical (unpaired) electrons. The first-order valence-corrected chi connectivity index (χ1v) is 6.56. The maximum atomic E-state index is 11.6. The number of hydrogen-bond acceptors (Lipinski definition) is 4. The van der Waals surface area contributed by atoms with Crippen molar-refractivity contribution < 1.29 is 14.3 Å². The van der Waals surface area contributed by atoms with Gasteiger partial charge in [0.05, 0.1) is 0 Å². The van der Waals surface area contributed by atoms with E-state index in [-0.39, 0.29) is 24.4 Å². The molecular weight excluding hydrogens is 280 g/mol. The van der Waals surface area contributed by atoms with Gasteiger partial charge in [0.15, 0.2) is 11.5 Å². The molecule has 5 nitrogen and oxygen atoms in total. The van der Waals surface area contributed by atoms with Gasteiger partial charge in [-0.3, -0.25) is 4.79 Å². The SMILES string of the molecule is CC(N)CCC(=O)NCc1ccc2c(c1)OCCO2.Cl. The zero-order valence-corrected chi connectivity index (χ0v) is 12.4. The molecule has 1 aliphatic heterocycles. The molecule has 1 aromatic carbocycles. The predicted octanol–water partition coefficient (Wildman–Crippen LogP) is 1.62. The molecule has 2 rings (SSSR count). The van der Waals surface area contributed by atoms with Crippen LogP contribution in [0, 0.1) is 0 Å². The number of fused-ring (bicyclic) bond motifs is 1. The summed E-state index contributed by atoms with van der Waals surface area (Å²) in [5.41, 5.74) is 6.61. The summed E-state index contributed by atoms with van der Waals surface area (Å²) in [5, 5.41) is 2.87. The van der Waals surface area contributed by atoms with Gasteiger partial charge in [-0.1, -0.05) is 6.07 Å². The normalized spacial score (nSPS) is 14.1. The Morgan fingerprint density at radius 3 is 2.75 bits per heavy atom. The van der Waals surface area contributed by atoms with Crippen LogP contribution in [0.4, 0.5) is 0 Å². The van der Waals surface area contributed by atoms with Crippen LogP contribution in [0.5, 0.6) is 11.5 Å². The largest absolute Gasteiger partial charge is 0.486 e. The molecule has 0 aliphatic carbocycles. The number of nitrogens with two attached hydrogens (primary N) is 1. The van der Waals surface area contributed by atoms with Gasteiger partial charge in [-0.25, -0.2) is 0 Å². The molecule has 1 atom stereocenters. The molecule has 6 heteroatoms. The van der Waals surface area contributed by atoms with Crippen molar-refractivity contribution in [3.63, 3.8) is 0 Å². The van der Waals surface area contributed by atoms with Gasteiger partial charge in [-0.2, -0.15) is 0 Å². The van der Waals surface area contributed by atoms with E-state index in [0.29, 0.717) is 32.6 Å². The fraction of sp³-hybridized carbons (Fsp3) is 0.500. The first-order valence-electron chi connectivity index (χ1n) is 6.56. The van der Waals surface area contributed by atoms with Crippen molar-refractivity contribution >= 4 is 18.3 Å². The molecule has 1 amide bonds. The Bertz CT molecular complexity index is 452. The third kappa shape index (κ3) is 4.90. The molecule has 1 aromatic rings. The third-order valence-electron chi connectivity index (χ3n) is 2.92. The second kappa shape index (κ2) is 7.97. The highest BCUT2D eigenvalue weighted by Gasteiger charge is 2.12. The van der Waals surface area contributed by atoms with E-state index in [2.05, 4.69) is 5.32 Å². The number of halogens is 1. The zero-order valence-electron chi connectivity index (χ0n) is 11.6. The van der Waals surface area contributed by atoms with Gasteiger partial charge in [0.2, 0.25) is 5.91 Å². The number of carbonyl (C=O) groups excluding carboxylic acids is 1. The van der Waals surface area contributed by atoms with Gasteiger partial charge in [-0.05, 0) is 31.0 Å². The lowest BCUT2D eigenvalue weighted by atomic mass is 10.1. The lowest BCUT2D eigenvalue weighted by Gasteiger charge is -2.19. The molecule has 3 N–H and O–H groups in total. The van der Waals surface area contributed by atoms with Gasteiger partial charge in [-0.15, -0.1) is 12.4 Å². The van der Waals surface area contributed by atoms with E-state index in [1.807, 2.05) is 25.1 Å². The van der Waals surface area contributed by atoms with Gasteiger partial charge in [0, 0.05) is 19.0 Å². The molecule has 20 heavy (non-hydrogen) atoms. The standard InChI is InChI=1S/C14H20N2O3.ClH/c1-10(15)2-5-14(17)16-9-11-3-4-12-13(8-11)19-7-6-18-12;/h3-4,8,10H,2,5-7,9,15H2,1H3,(H,16,17);1H. The minimum absolute atomic E-state index is 0.